The number of ether oxygens (including phenoxy) is 2. The molecule has 2 heterocycles. The number of hydrogen-bond acceptors (Lipinski definition) is 4. The zero-order valence-electron chi connectivity index (χ0n) is 14.8. The van der Waals surface area contributed by atoms with Gasteiger partial charge in [-0.1, -0.05) is 24.3 Å². The number of carbonyl (C=O) groups is 1. The minimum absolute atomic E-state index is 0.149. The Labute approximate surface area is 157 Å². The fourth-order valence-electron chi connectivity index (χ4n) is 2.84. The molecule has 0 aliphatic carbocycles. The molecular weight excluding hydrogens is 342 g/mol. The number of aromatic nitrogens is 2. The van der Waals surface area contributed by atoms with Gasteiger partial charge in [0.05, 0.1) is 17.9 Å². The molecule has 1 aliphatic rings. The average molecular weight is 361 g/mol. The van der Waals surface area contributed by atoms with Crippen molar-refractivity contribution in [1.29, 1.82) is 0 Å². The van der Waals surface area contributed by atoms with Gasteiger partial charge in [0.25, 0.3) is 0 Å². The number of fused-ring (bicyclic) bond motifs is 1. The normalized spacial score (nSPS) is 13.7. The molecule has 6 heteroatoms. The third kappa shape index (κ3) is 3.84. The van der Waals surface area contributed by atoms with Gasteiger partial charge < -0.3 is 14.8 Å². The molecular formula is C21H19N3O3. The number of hydrogen-bond donors (Lipinski definition) is 1. The van der Waals surface area contributed by atoms with E-state index in [9.17, 15) is 4.79 Å². The van der Waals surface area contributed by atoms with Gasteiger partial charge in [-0.05, 0) is 42.8 Å². The first-order chi connectivity index (χ1) is 13.2. The summed E-state index contributed by atoms with van der Waals surface area (Å²) in [5.41, 5.74) is 2.78. The smallest absolute Gasteiger partial charge is 0.244 e. The molecule has 1 N–H and O–H groups in total. The van der Waals surface area contributed by atoms with E-state index < -0.39 is 0 Å². The van der Waals surface area contributed by atoms with Crippen LogP contribution in [-0.2, 0) is 4.79 Å². The van der Waals surface area contributed by atoms with Crippen molar-refractivity contribution in [2.75, 3.05) is 6.79 Å². The van der Waals surface area contributed by atoms with Crippen molar-refractivity contribution in [1.82, 2.24) is 15.1 Å². The largest absolute Gasteiger partial charge is 0.454 e. The molecule has 0 radical (unpaired) electrons. The standard InChI is InChI=1S/C21H19N3O3/c1-15(17-8-9-19-20(11-17)27-14-26-19)23-21(25)10-7-16-12-22-24(13-16)18-5-3-2-4-6-18/h2-13,15H,14H2,1H3,(H,23,25)/b10-7+. The topological polar surface area (TPSA) is 65.4 Å². The van der Waals surface area contributed by atoms with E-state index in [0.29, 0.717) is 5.75 Å². The number of rotatable bonds is 5. The second-order valence-corrected chi connectivity index (χ2v) is 6.23. The molecule has 1 atom stereocenters. The first-order valence-corrected chi connectivity index (χ1v) is 8.67. The Kier molecular flexibility index (Phi) is 4.61. The lowest BCUT2D eigenvalue weighted by Gasteiger charge is -2.13. The second kappa shape index (κ2) is 7.37. The molecule has 1 aliphatic heterocycles. The van der Waals surface area contributed by atoms with E-state index in [1.165, 1.54) is 6.08 Å². The Morgan fingerprint density at radius 2 is 2.00 bits per heavy atom. The summed E-state index contributed by atoms with van der Waals surface area (Å²) in [6.07, 6.45) is 6.85. The van der Waals surface area contributed by atoms with Crippen molar-refractivity contribution in [3.63, 3.8) is 0 Å². The molecule has 136 valence electrons. The van der Waals surface area contributed by atoms with Crippen molar-refractivity contribution in [2.45, 2.75) is 13.0 Å². The minimum atomic E-state index is -0.173. The number of para-hydroxylation sites is 1. The average Bonchev–Trinajstić information content (AvgIpc) is 3.36. The molecule has 4 rings (SSSR count). The molecule has 6 nitrogen and oxygen atoms in total. The van der Waals surface area contributed by atoms with Crippen molar-refractivity contribution in [3.8, 4) is 17.2 Å². The van der Waals surface area contributed by atoms with E-state index in [0.717, 1.165) is 22.6 Å². The minimum Gasteiger partial charge on any atom is -0.454 e. The van der Waals surface area contributed by atoms with E-state index in [4.69, 9.17) is 9.47 Å². The van der Waals surface area contributed by atoms with Crippen LogP contribution in [0.5, 0.6) is 11.5 Å². The van der Waals surface area contributed by atoms with Crippen LogP contribution >= 0.6 is 0 Å². The number of nitrogens with one attached hydrogen (secondary N) is 1. The van der Waals surface area contributed by atoms with Crippen LogP contribution < -0.4 is 14.8 Å². The first-order valence-electron chi connectivity index (χ1n) is 8.67. The van der Waals surface area contributed by atoms with Gasteiger partial charge in [-0.15, -0.1) is 0 Å². The molecule has 1 aromatic heterocycles. The highest BCUT2D eigenvalue weighted by Gasteiger charge is 2.16. The monoisotopic (exact) mass is 361 g/mol. The summed E-state index contributed by atoms with van der Waals surface area (Å²) < 4.78 is 12.5. The summed E-state index contributed by atoms with van der Waals surface area (Å²) in [4.78, 5) is 12.2. The summed E-state index contributed by atoms with van der Waals surface area (Å²) in [6.45, 7) is 2.16. The van der Waals surface area contributed by atoms with Crippen molar-refractivity contribution in [3.05, 3.63) is 78.1 Å². The first kappa shape index (κ1) is 16.9. The number of benzene rings is 2. The third-order valence-electron chi connectivity index (χ3n) is 4.31. The van der Waals surface area contributed by atoms with Gasteiger partial charge in [0.15, 0.2) is 11.5 Å². The quantitative estimate of drug-likeness (QED) is 0.707. The van der Waals surface area contributed by atoms with Crippen LogP contribution in [0.4, 0.5) is 0 Å². The molecule has 0 saturated carbocycles. The fourth-order valence-corrected chi connectivity index (χ4v) is 2.84. The van der Waals surface area contributed by atoms with E-state index >= 15 is 0 Å². The Hall–Kier alpha value is -3.54. The Morgan fingerprint density at radius 3 is 2.85 bits per heavy atom. The summed E-state index contributed by atoms with van der Waals surface area (Å²) in [7, 11) is 0. The van der Waals surface area contributed by atoms with E-state index in [2.05, 4.69) is 10.4 Å². The maximum absolute atomic E-state index is 12.2. The van der Waals surface area contributed by atoms with Gasteiger partial charge in [0.1, 0.15) is 0 Å². The van der Waals surface area contributed by atoms with E-state index in [1.807, 2.05) is 61.7 Å². The predicted molar refractivity (Wildman–Crippen MR) is 102 cm³/mol. The van der Waals surface area contributed by atoms with Crippen LogP contribution in [0.2, 0.25) is 0 Å². The molecule has 1 unspecified atom stereocenters. The van der Waals surface area contributed by atoms with Crippen LogP contribution in [0, 0.1) is 0 Å². The molecule has 0 saturated heterocycles. The molecule has 0 bridgehead atoms. The lowest BCUT2D eigenvalue weighted by molar-refractivity contribution is -0.117. The zero-order chi connectivity index (χ0) is 18.6. The van der Waals surface area contributed by atoms with Crippen LogP contribution in [-0.4, -0.2) is 22.5 Å². The number of nitrogens with zero attached hydrogens (tertiary/aromatic N) is 2. The predicted octanol–water partition coefficient (Wildman–Crippen LogP) is 3.49. The molecule has 0 spiro atoms. The summed E-state index contributed by atoms with van der Waals surface area (Å²) in [5, 5.41) is 7.26. The maximum Gasteiger partial charge on any atom is 0.244 e. The highest BCUT2D eigenvalue weighted by Crippen LogP contribution is 2.34. The summed E-state index contributed by atoms with van der Waals surface area (Å²) >= 11 is 0. The SMILES string of the molecule is CC(NC(=O)/C=C/c1cnn(-c2ccccc2)c1)c1ccc2c(c1)OCO2. The van der Waals surface area contributed by atoms with Gasteiger partial charge in [-0.2, -0.15) is 5.10 Å². The lowest BCUT2D eigenvalue weighted by atomic mass is 10.1. The molecule has 0 fully saturated rings. The van der Waals surface area contributed by atoms with Gasteiger partial charge in [-0.25, -0.2) is 4.68 Å². The molecule has 2 aromatic carbocycles. The number of carbonyl (C=O) groups excluding carboxylic acids is 1. The third-order valence-corrected chi connectivity index (χ3v) is 4.31. The number of amides is 1. The van der Waals surface area contributed by atoms with Gasteiger partial charge in [0.2, 0.25) is 12.7 Å². The molecule has 1 amide bonds. The van der Waals surface area contributed by atoms with Crippen LogP contribution in [0.15, 0.2) is 67.0 Å². The van der Waals surface area contributed by atoms with Gasteiger partial charge in [-0.3, -0.25) is 4.79 Å². The highest BCUT2D eigenvalue weighted by molar-refractivity contribution is 5.91. The van der Waals surface area contributed by atoms with Crippen LogP contribution in [0.3, 0.4) is 0 Å². The Bertz CT molecular complexity index is 979. The zero-order valence-corrected chi connectivity index (χ0v) is 14.8. The fraction of sp³-hybridized carbons (Fsp3) is 0.143. The van der Waals surface area contributed by atoms with Gasteiger partial charge in [0, 0.05) is 17.8 Å². The van der Waals surface area contributed by atoms with Crippen molar-refractivity contribution in [2.24, 2.45) is 0 Å². The second-order valence-electron chi connectivity index (χ2n) is 6.23. The van der Waals surface area contributed by atoms with E-state index in [1.54, 1.807) is 17.0 Å². The Balaban J connectivity index is 1.38. The van der Waals surface area contributed by atoms with Crippen molar-refractivity contribution < 1.29 is 14.3 Å². The Morgan fingerprint density at radius 1 is 1.19 bits per heavy atom. The van der Waals surface area contributed by atoms with Crippen molar-refractivity contribution >= 4 is 12.0 Å². The van der Waals surface area contributed by atoms with E-state index in [-0.39, 0.29) is 18.7 Å². The molecule has 27 heavy (non-hydrogen) atoms. The lowest BCUT2D eigenvalue weighted by Crippen LogP contribution is -2.24. The van der Waals surface area contributed by atoms with Gasteiger partial charge >= 0.3 is 0 Å². The summed E-state index contributed by atoms with van der Waals surface area (Å²) in [5.74, 6) is 1.26. The highest BCUT2D eigenvalue weighted by atomic mass is 16.7. The van der Waals surface area contributed by atoms with Crippen LogP contribution in [0.1, 0.15) is 24.1 Å². The maximum atomic E-state index is 12.2. The van der Waals surface area contributed by atoms with Crippen LogP contribution in [0.25, 0.3) is 11.8 Å². The molecule has 3 aromatic rings. The summed E-state index contributed by atoms with van der Waals surface area (Å²) in [6, 6.07) is 15.3.